The Bertz CT molecular complexity index is 117. The number of rotatable bonds is 4. The zero-order valence-electron chi connectivity index (χ0n) is 8.27. The first-order valence-corrected chi connectivity index (χ1v) is 5.05. The zero-order chi connectivity index (χ0) is 8.86. The molecule has 0 spiro atoms. The molecule has 0 saturated carbocycles. The summed E-state index contributed by atoms with van der Waals surface area (Å²) in [7, 11) is 0. The third kappa shape index (κ3) is 2.46. The second-order valence-electron chi connectivity index (χ2n) is 3.54. The molecule has 1 aliphatic heterocycles. The van der Waals surface area contributed by atoms with Gasteiger partial charge in [-0.2, -0.15) is 0 Å². The quantitative estimate of drug-likeness (QED) is 0.648. The van der Waals surface area contributed by atoms with E-state index >= 15 is 0 Å². The van der Waals surface area contributed by atoms with Gasteiger partial charge in [0.1, 0.15) is 0 Å². The fourth-order valence-electron chi connectivity index (χ4n) is 1.64. The van der Waals surface area contributed by atoms with E-state index in [-0.39, 0.29) is 5.60 Å². The van der Waals surface area contributed by atoms with Crippen LogP contribution in [0.25, 0.3) is 0 Å². The van der Waals surface area contributed by atoms with Gasteiger partial charge in [0.2, 0.25) is 0 Å². The number of ether oxygens (including phenoxy) is 2. The third-order valence-corrected chi connectivity index (χ3v) is 2.63. The highest BCUT2D eigenvalue weighted by Crippen LogP contribution is 2.26. The average molecular weight is 172 g/mol. The summed E-state index contributed by atoms with van der Waals surface area (Å²) in [5.74, 6) is 0. The minimum absolute atomic E-state index is 0.0499. The molecule has 0 aromatic carbocycles. The van der Waals surface area contributed by atoms with Crippen LogP contribution in [0, 0.1) is 0 Å². The first-order chi connectivity index (χ1) is 5.83. The average Bonchev–Trinajstić information content (AvgIpc) is 2.16. The Kier molecular flexibility index (Phi) is 4.02. The number of unbranched alkanes of at least 4 members (excludes halogenated alkanes) is 1. The van der Waals surface area contributed by atoms with Crippen LogP contribution in [0.1, 0.15) is 39.5 Å². The second kappa shape index (κ2) is 4.83. The summed E-state index contributed by atoms with van der Waals surface area (Å²) in [5.41, 5.74) is 0.0499. The van der Waals surface area contributed by atoms with E-state index in [2.05, 4.69) is 13.8 Å². The molecular formula is C10H20O2. The van der Waals surface area contributed by atoms with Gasteiger partial charge in [-0.1, -0.05) is 26.7 Å². The summed E-state index contributed by atoms with van der Waals surface area (Å²) >= 11 is 0. The molecule has 72 valence electrons. The molecule has 0 N–H and O–H groups in total. The molecule has 1 atom stereocenters. The van der Waals surface area contributed by atoms with Gasteiger partial charge in [-0.3, -0.25) is 0 Å². The van der Waals surface area contributed by atoms with Gasteiger partial charge in [0, 0.05) is 0 Å². The molecule has 0 bridgehead atoms. The molecule has 0 aromatic rings. The van der Waals surface area contributed by atoms with Crippen LogP contribution in [0.4, 0.5) is 0 Å². The largest absolute Gasteiger partial charge is 0.376 e. The minimum atomic E-state index is 0.0499. The zero-order valence-corrected chi connectivity index (χ0v) is 8.27. The lowest BCUT2D eigenvalue weighted by atomic mass is 9.94. The molecule has 0 aromatic heterocycles. The third-order valence-electron chi connectivity index (χ3n) is 2.63. The van der Waals surface area contributed by atoms with Crippen molar-refractivity contribution in [3.05, 3.63) is 0 Å². The monoisotopic (exact) mass is 172 g/mol. The predicted octanol–water partition coefficient (Wildman–Crippen LogP) is 2.37. The lowest BCUT2D eigenvalue weighted by molar-refractivity contribution is -0.162. The van der Waals surface area contributed by atoms with E-state index in [1.165, 1.54) is 12.8 Å². The van der Waals surface area contributed by atoms with Crippen molar-refractivity contribution in [2.24, 2.45) is 0 Å². The lowest BCUT2D eigenvalue weighted by Gasteiger charge is -2.36. The van der Waals surface area contributed by atoms with Gasteiger partial charge in [-0.25, -0.2) is 0 Å². The maximum Gasteiger partial charge on any atom is 0.0913 e. The van der Waals surface area contributed by atoms with Gasteiger partial charge in [-0.15, -0.1) is 0 Å². The molecule has 1 fully saturated rings. The Balaban J connectivity index is 2.37. The molecule has 0 aliphatic carbocycles. The number of hydrogen-bond donors (Lipinski definition) is 0. The number of hydrogen-bond acceptors (Lipinski definition) is 2. The second-order valence-corrected chi connectivity index (χ2v) is 3.54. The van der Waals surface area contributed by atoms with Gasteiger partial charge in [0.05, 0.1) is 25.4 Å². The Hall–Kier alpha value is -0.0800. The maximum atomic E-state index is 5.79. The summed E-state index contributed by atoms with van der Waals surface area (Å²) < 4.78 is 11.2. The van der Waals surface area contributed by atoms with Crippen molar-refractivity contribution in [2.75, 3.05) is 19.8 Å². The molecule has 0 amide bonds. The van der Waals surface area contributed by atoms with Crippen LogP contribution in [0.2, 0.25) is 0 Å². The highest BCUT2D eigenvalue weighted by Gasteiger charge is 2.31. The van der Waals surface area contributed by atoms with Crippen molar-refractivity contribution in [3.63, 3.8) is 0 Å². The Morgan fingerprint density at radius 3 is 2.58 bits per heavy atom. The van der Waals surface area contributed by atoms with Gasteiger partial charge in [0.25, 0.3) is 0 Å². The van der Waals surface area contributed by atoms with Crippen LogP contribution < -0.4 is 0 Å². The van der Waals surface area contributed by atoms with E-state index in [0.29, 0.717) is 0 Å². The molecule has 0 radical (unpaired) electrons. The molecule has 12 heavy (non-hydrogen) atoms. The van der Waals surface area contributed by atoms with Crippen LogP contribution in [-0.2, 0) is 9.47 Å². The summed E-state index contributed by atoms with van der Waals surface area (Å²) in [6.07, 6.45) is 4.72. The fourth-order valence-corrected chi connectivity index (χ4v) is 1.64. The highest BCUT2D eigenvalue weighted by molar-refractivity contribution is 4.80. The molecule has 2 heteroatoms. The fraction of sp³-hybridized carbons (Fsp3) is 1.00. The molecule has 2 nitrogen and oxygen atoms in total. The van der Waals surface area contributed by atoms with Crippen molar-refractivity contribution >= 4 is 0 Å². The van der Waals surface area contributed by atoms with Gasteiger partial charge in [-0.05, 0) is 12.8 Å². The van der Waals surface area contributed by atoms with Crippen molar-refractivity contribution in [2.45, 2.75) is 45.1 Å². The predicted molar refractivity (Wildman–Crippen MR) is 49.3 cm³/mol. The van der Waals surface area contributed by atoms with E-state index in [0.717, 1.165) is 32.7 Å². The van der Waals surface area contributed by atoms with Crippen LogP contribution in [-0.4, -0.2) is 25.4 Å². The van der Waals surface area contributed by atoms with Crippen LogP contribution in [0.15, 0.2) is 0 Å². The molecule has 0 unspecified atom stereocenters. The summed E-state index contributed by atoms with van der Waals surface area (Å²) in [5, 5.41) is 0. The summed E-state index contributed by atoms with van der Waals surface area (Å²) in [6.45, 7) is 6.74. The molecule has 1 heterocycles. The van der Waals surface area contributed by atoms with Crippen molar-refractivity contribution in [3.8, 4) is 0 Å². The maximum absolute atomic E-state index is 5.79. The van der Waals surface area contributed by atoms with Crippen molar-refractivity contribution in [1.29, 1.82) is 0 Å². The van der Waals surface area contributed by atoms with E-state index < -0.39 is 0 Å². The van der Waals surface area contributed by atoms with Gasteiger partial charge < -0.3 is 9.47 Å². The standard InChI is InChI=1S/C10H20O2/c1-3-5-6-10(4-2)9-11-7-8-12-10/h3-9H2,1-2H3/t10-/m0/s1. The lowest BCUT2D eigenvalue weighted by Crippen LogP contribution is -2.42. The van der Waals surface area contributed by atoms with Gasteiger partial charge >= 0.3 is 0 Å². The van der Waals surface area contributed by atoms with Crippen LogP contribution >= 0.6 is 0 Å². The topological polar surface area (TPSA) is 18.5 Å². The van der Waals surface area contributed by atoms with E-state index in [1.807, 2.05) is 0 Å². The van der Waals surface area contributed by atoms with Gasteiger partial charge in [0.15, 0.2) is 0 Å². The minimum Gasteiger partial charge on any atom is -0.376 e. The Morgan fingerprint density at radius 2 is 2.08 bits per heavy atom. The summed E-state index contributed by atoms with van der Waals surface area (Å²) in [4.78, 5) is 0. The van der Waals surface area contributed by atoms with E-state index in [4.69, 9.17) is 9.47 Å². The molecule has 1 rings (SSSR count). The molecular weight excluding hydrogens is 152 g/mol. The van der Waals surface area contributed by atoms with Crippen molar-refractivity contribution < 1.29 is 9.47 Å². The van der Waals surface area contributed by atoms with E-state index in [1.54, 1.807) is 0 Å². The smallest absolute Gasteiger partial charge is 0.0913 e. The van der Waals surface area contributed by atoms with Crippen LogP contribution in [0.3, 0.4) is 0 Å². The molecule has 1 saturated heterocycles. The first-order valence-electron chi connectivity index (χ1n) is 5.05. The Morgan fingerprint density at radius 1 is 1.25 bits per heavy atom. The van der Waals surface area contributed by atoms with Crippen molar-refractivity contribution in [1.82, 2.24) is 0 Å². The SMILES string of the molecule is CCCC[C@@]1(CC)COCCO1. The highest BCUT2D eigenvalue weighted by atomic mass is 16.6. The first kappa shape index (κ1) is 10.0. The Labute approximate surface area is 75.2 Å². The summed E-state index contributed by atoms with van der Waals surface area (Å²) in [6, 6.07) is 0. The molecule has 1 aliphatic rings. The van der Waals surface area contributed by atoms with E-state index in [9.17, 15) is 0 Å². The van der Waals surface area contributed by atoms with Crippen LogP contribution in [0.5, 0.6) is 0 Å². The normalized spacial score (nSPS) is 30.5.